The highest BCUT2D eigenvalue weighted by Crippen LogP contribution is 2.42. The topological polar surface area (TPSA) is 208 Å². The molecular weight excluding hydrogens is 805 g/mol. The number of likely N-dealkylation sites (N-methyl/N-ethyl adjacent to an activating group) is 1. The zero-order valence-corrected chi connectivity index (χ0v) is 40.4. The maximum absolute atomic E-state index is 14.5. The molecule has 4 rings (SSSR count). The fourth-order valence-electron chi connectivity index (χ4n) is 10.5. The first-order valence-electron chi connectivity index (χ1n) is 23.2. The van der Waals surface area contributed by atoms with Crippen LogP contribution in [-0.4, -0.2) is 159 Å². The standard InChI is InChI=1S/C46H84N2O14/c1-16-33-45(12,54)38(50)28(6)35(47-62-46(61-25(2)3)20-18-17-19-21-46)26(4)23-43(10,53)40(60-42-36(49)32(48(13)14)22-27(5)56-42)29(7)37(30(8)41(52)58-33)59-34-24-44(11,55-15)39(51)31(9)57-34/h25-34,36-40,42,49-51,53-54H,16-24H2,1-15H3/t26-,27-,28+,29+,30-,31+,32+,33-,34?,36-,37+,38-,39+,40-,42?,43+,44-,45-/m1/s1. The van der Waals surface area contributed by atoms with E-state index in [9.17, 15) is 30.3 Å². The lowest BCUT2D eigenvalue weighted by Gasteiger charge is -2.49. The monoisotopic (exact) mass is 889 g/mol. The molecule has 0 radical (unpaired) electrons. The molecule has 16 nitrogen and oxygen atoms in total. The number of aliphatic hydroxyl groups excluding tert-OH is 3. The van der Waals surface area contributed by atoms with Crippen LogP contribution in [-0.2, 0) is 42.8 Å². The molecule has 5 N–H and O–H groups in total. The SMILES string of the molecule is CC[C@H]1OC(=O)[C@H](C)[C@@H](OC2C[C@@](C)(OC)[C@@H](O)[C@H](C)O2)[C@H](C)[C@@H](OC2O[C@H](C)C[C@H](N(C)C)[C@H]2O)[C@@](C)(O)C[C@@H](C)C(=NOC2(OC(C)C)CCCCC2)[C@H](C)[C@@H](O)[C@]1(C)O. The molecule has 18 atom stereocenters. The Morgan fingerprint density at radius 3 is 2.08 bits per heavy atom. The van der Waals surface area contributed by atoms with Crippen LogP contribution < -0.4 is 0 Å². The van der Waals surface area contributed by atoms with Crippen molar-refractivity contribution in [1.82, 2.24) is 4.90 Å². The number of carbonyl (C=O) groups excluding carboxylic acids is 1. The van der Waals surface area contributed by atoms with Gasteiger partial charge in [-0.15, -0.1) is 0 Å². The maximum atomic E-state index is 14.5. The van der Waals surface area contributed by atoms with Gasteiger partial charge in [0.2, 0.25) is 5.79 Å². The second kappa shape index (κ2) is 21.4. The van der Waals surface area contributed by atoms with Crippen molar-refractivity contribution in [3.63, 3.8) is 0 Å². The average Bonchev–Trinajstić information content (AvgIpc) is 3.19. The Kier molecular flexibility index (Phi) is 18.3. The molecule has 62 heavy (non-hydrogen) atoms. The van der Waals surface area contributed by atoms with Crippen molar-refractivity contribution in [3.8, 4) is 0 Å². The van der Waals surface area contributed by atoms with E-state index in [1.165, 1.54) is 14.0 Å². The van der Waals surface area contributed by atoms with E-state index in [0.29, 0.717) is 25.0 Å². The largest absolute Gasteiger partial charge is 0.459 e. The highest BCUT2D eigenvalue weighted by molar-refractivity contribution is 5.88. The summed E-state index contributed by atoms with van der Waals surface area (Å²) < 4.78 is 44.4. The van der Waals surface area contributed by atoms with Crippen LogP contribution in [0.15, 0.2) is 5.16 Å². The molecule has 0 spiro atoms. The molecule has 4 aliphatic rings. The first-order chi connectivity index (χ1) is 28.7. The van der Waals surface area contributed by atoms with Crippen LogP contribution in [0.3, 0.4) is 0 Å². The van der Waals surface area contributed by atoms with Gasteiger partial charge in [-0.2, -0.15) is 0 Å². The summed E-state index contributed by atoms with van der Waals surface area (Å²) in [7, 11) is 5.26. The van der Waals surface area contributed by atoms with Crippen LogP contribution in [0.25, 0.3) is 0 Å². The molecule has 2 unspecified atom stereocenters. The van der Waals surface area contributed by atoms with Gasteiger partial charge in [0.15, 0.2) is 12.6 Å². The van der Waals surface area contributed by atoms with Crippen molar-refractivity contribution in [3.05, 3.63) is 0 Å². The van der Waals surface area contributed by atoms with E-state index >= 15 is 0 Å². The molecule has 3 heterocycles. The van der Waals surface area contributed by atoms with E-state index in [-0.39, 0.29) is 37.5 Å². The summed E-state index contributed by atoms with van der Waals surface area (Å²) in [6.45, 7) is 21.1. The number of nitrogens with zero attached hydrogens (tertiary/aromatic N) is 2. The number of hydrogen-bond donors (Lipinski definition) is 5. The summed E-state index contributed by atoms with van der Waals surface area (Å²) in [5, 5.41) is 64.9. The van der Waals surface area contributed by atoms with Gasteiger partial charge in [0, 0.05) is 50.2 Å². The Morgan fingerprint density at radius 2 is 1.52 bits per heavy atom. The highest BCUT2D eigenvalue weighted by atomic mass is 16.8. The molecule has 362 valence electrons. The summed E-state index contributed by atoms with van der Waals surface area (Å²) in [4.78, 5) is 22.8. The number of oxime groups is 1. The van der Waals surface area contributed by atoms with Crippen LogP contribution in [0.4, 0.5) is 0 Å². The van der Waals surface area contributed by atoms with Gasteiger partial charge in [-0.05, 0) is 102 Å². The quantitative estimate of drug-likeness (QED) is 0.109. The van der Waals surface area contributed by atoms with E-state index < -0.39 is 108 Å². The van der Waals surface area contributed by atoms with Crippen molar-refractivity contribution in [2.75, 3.05) is 21.2 Å². The molecule has 1 aliphatic carbocycles. The Labute approximate surface area is 371 Å². The second-order valence-electron chi connectivity index (χ2n) is 20.3. The number of carbonyl (C=O) groups is 1. The van der Waals surface area contributed by atoms with E-state index in [1.54, 1.807) is 48.5 Å². The van der Waals surface area contributed by atoms with Gasteiger partial charge in [-0.3, -0.25) is 4.79 Å². The summed E-state index contributed by atoms with van der Waals surface area (Å²) >= 11 is 0. The third-order valence-corrected chi connectivity index (χ3v) is 14.2. The molecule has 3 aliphatic heterocycles. The Hall–Kier alpha value is -1.54. The average molecular weight is 889 g/mol. The molecule has 4 fully saturated rings. The molecule has 3 saturated heterocycles. The van der Waals surface area contributed by atoms with E-state index in [4.69, 9.17) is 43.2 Å². The molecule has 0 amide bonds. The normalized spacial score (nSPS) is 46.1. The molecule has 16 heteroatoms. The number of aliphatic hydroxyl groups is 5. The number of cyclic esters (lactones) is 1. The number of rotatable bonds is 11. The first-order valence-corrected chi connectivity index (χ1v) is 23.2. The summed E-state index contributed by atoms with van der Waals surface area (Å²) in [5.74, 6) is -5.10. The third kappa shape index (κ3) is 12.1. The van der Waals surface area contributed by atoms with Crippen molar-refractivity contribution >= 4 is 11.7 Å². The Balaban J connectivity index is 1.90. The number of ether oxygens (including phenoxy) is 7. The zero-order valence-electron chi connectivity index (χ0n) is 40.4. The summed E-state index contributed by atoms with van der Waals surface area (Å²) in [5.41, 5.74) is -4.43. The van der Waals surface area contributed by atoms with Crippen molar-refractivity contribution in [1.29, 1.82) is 0 Å². The van der Waals surface area contributed by atoms with Crippen LogP contribution in [0.1, 0.15) is 141 Å². The summed E-state index contributed by atoms with van der Waals surface area (Å²) in [6, 6.07) is -0.324. The van der Waals surface area contributed by atoms with Gasteiger partial charge in [-0.25, -0.2) is 0 Å². The van der Waals surface area contributed by atoms with Gasteiger partial charge < -0.3 is 68.4 Å². The number of esters is 1. The van der Waals surface area contributed by atoms with Gasteiger partial charge in [0.25, 0.3) is 0 Å². The minimum absolute atomic E-state index is 0.00935. The summed E-state index contributed by atoms with van der Waals surface area (Å²) in [6.07, 6.45) is -5.52. The van der Waals surface area contributed by atoms with Crippen LogP contribution in [0.5, 0.6) is 0 Å². The number of hydrogen-bond acceptors (Lipinski definition) is 16. The maximum Gasteiger partial charge on any atom is 0.311 e. The zero-order chi connectivity index (χ0) is 46.7. The van der Waals surface area contributed by atoms with E-state index in [1.807, 2.05) is 46.7 Å². The van der Waals surface area contributed by atoms with Crippen LogP contribution >= 0.6 is 0 Å². The number of methoxy groups -OCH3 is 1. The lowest BCUT2D eigenvalue weighted by Crippen LogP contribution is -2.61. The van der Waals surface area contributed by atoms with Gasteiger partial charge in [-0.1, -0.05) is 39.3 Å². The van der Waals surface area contributed by atoms with Gasteiger partial charge in [0.05, 0.1) is 59.5 Å². The minimum atomic E-state index is -1.96. The van der Waals surface area contributed by atoms with Crippen molar-refractivity contribution in [2.24, 2.45) is 28.8 Å². The lowest BCUT2D eigenvalue weighted by atomic mass is 9.73. The smallest absolute Gasteiger partial charge is 0.311 e. The molecular formula is C46H84N2O14. The third-order valence-electron chi connectivity index (χ3n) is 14.2. The van der Waals surface area contributed by atoms with E-state index in [2.05, 4.69) is 0 Å². The lowest BCUT2D eigenvalue weighted by molar-refractivity contribution is -0.318. The Bertz CT molecular complexity index is 1460. The fourth-order valence-corrected chi connectivity index (χ4v) is 10.5. The molecule has 0 aromatic rings. The molecule has 0 aromatic carbocycles. The Morgan fingerprint density at radius 1 is 0.887 bits per heavy atom. The van der Waals surface area contributed by atoms with Gasteiger partial charge >= 0.3 is 5.97 Å². The fraction of sp³-hybridized carbons (Fsp3) is 0.957. The predicted octanol–water partition coefficient (Wildman–Crippen LogP) is 4.67. The van der Waals surface area contributed by atoms with E-state index in [0.717, 1.165) is 19.3 Å². The predicted molar refractivity (Wildman–Crippen MR) is 232 cm³/mol. The van der Waals surface area contributed by atoms with Gasteiger partial charge in [0.1, 0.15) is 23.9 Å². The van der Waals surface area contributed by atoms with Crippen LogP contribution in [0, 0.1) is 23.7 Å². The second-order valence-corrected chi connectivity index (χ2v) is 20.3. The molecule has 1 saturated carbocycles. The van der Waals surface area contributed by atoms with Crippen molar-refractivity contribution in [2.45, 2.75) is 237 Å². The van der Waals surface area contributed by atoms with Crippen LogP contribution in [0.2, 0.25) is 0 Å². The molecule has 0 bridgehead atoms. The minimum Gasteiger partial charge on any atom is -0.459 e. The van der Waals surface area contributed by atoms with Crippen molar-refractivity contribution < 1.29 is 68.3 Å². The molecule has 0 aromatic heterocycles. The highest BCUT2D eigenvalue weighted by Gasteiger charge is 2.53. The first kappa shape index (κ1) is 53.1.